The van der Waals surface area contributed by atoms with Crippen LogP contribution in [0.5, 0.6) is 0 Å². The summed E-state index contributed by atoms with van der Waals surface area (Å²) in [6.07, 6.45) is 0.828. The molecule has 2 aromatic heterocycles. The zero-order chi connectivity index (χ0) is 20.7. The smallest absolute Gasteiger partial charge is 0.244 e. The summed E-state index contributed by atoms with van der Waals surface area (Å²) in [4.78, 5) is 20.5. The van der Waals surface area contributed by atoms with E-state index in [1.165, 1.54) is 10.9 Å². The quantitative estimate of drug-likeness (QED) is 0.620. The first kappa shape index (κ1) is 19.8. The lowest BCUT2D eigenvalue weighted by molar-refractivity contribution is -0.132. The number of nitrogens with zero attached hydrogens (tertiary/aromatic N) is 4. The maximum Gasteiger partial charge on any atom is 0.244 e. The zero-order valence-corrected chi connectivity index (χ0v) is 18.0. The second-order valence-electron chi connectivity index (χ2n) is 8.09. The van der Waals surface area contributed by atoms with Crippen molar-refractivity contribution in [3.8, 4) is 11.3 Å². The van der Waals surface area contributed by atoms with Gasteiger partial charge >= 0.3 is 0 Å². The molecule has 0 saturated heterocycles. The first-order valence-corrected chi connectivity index (χ1v) is 10.7. The number of carbonyl (C=O) groups excluding carboxylic acids is 1. The van der Waals surface area contributed by atoms with Crippen molar-refractivity contribution >= 4 is 17.2 Å². The van der Waals surface area contributed by atoms with Crippen LogP contribution in [0.15, 0.2) is 24.3 Å². The van der Waals surface area contributed by atoms with Gasteiger partial charge in [-0.25, -0.2) is 9.37 Å². The van der Waals surface area contributed by atoms with Crippen molar-refractivity contribution in [1.82, 2.24) is 19.7 Å². The Balaban J connectivity index is 1.57. The van der Waals surface area contributed by atoms with Crippen LogP contribution < -0.4 is 0 Å². The molecule has 7 heteroatoms. The van der Waals surface area contributed by atoms with Crippen molar-refractivity contribution in [2.45, 2.75) is 53.8 Å². The highest BCUT2D eigenvalue weighted by molar-refractivity contribution is 7.11. The van der Waals surface area contributed by atoms with Crippen molar-refractivity contribution in [3.05, 3.63) is 56.9 Å². The first-order valence-electron chi connectivity index (χ1n) is 9.86. The monoisotopic (exact) mass is 412 g/mol. The third-order valence-corrected chi connectivity index (χ3v) is 6.13. The Bertz CT molecular complexity index is 1050. The topological polar surface area (TPSA) is 51.0 Å². The molecule has 152 valence electrons. The van der Waals surface area contributed by atoms with Gasteiger partial charge in [0.25, 0.3) is 0 Å². The Morgan fingerprint density at radius 1 is 1.24 bits per heavy atom. The fraction of sp³-hybridized carbons (Fsp3) is 0.409. The number of benzene rings is 1. The molecule has 0 spiro atoms. The van der Waals surface area contributed by atoms with Gasteiger partial charge in [-0.2, -0.15) is 5.10 Å². The second-order valence-corrected chi connectivity index (χ2v) is 9.38. The highest BCUT2D eigenvalue weighted by Gasteiger charge is 2.27. The molecule has 0 atom stereocenters. The molecule has 3 aromatic rings. The van der Waals surface area contributed by atoms with E-state index in [0.717, 1.165) is 34.1 Å². The van der Waals surface area contributed by atoms with Crippen LogP contribution >= 0.6 is 11.3 Å². The molecule has 0 bridgehead atoms. The van der Waals surface area contributed by atoms with E-state index in [1.54, 1.807) is 35.1 Å². The van der Waals surface area contributed by atoms with Crippen LogP contribution in [0.25, 0.3) is 11.3 Å². The maximum absolute atomic E-state index is 13.6. The van der Waals surface area contributed by atoms with Crippen LogP contribution in [-0.2, 0) is 30.8 Å². The number of rotatable bonds is 5. The molecule has 29 heavy (non-hydrogen) atoms. The van der Waals surface area contributed by atoms with Crippen LogP contribution in [0.4, 0.5) is 4.39 Å². The van der Waals surface area contributed by atoms with Crippen LogP contribution in [0, 0.1) is 25.6 Å². The minimum absolute atomic E-state index is 0.0443. The number of halogens is 1. The predicted octanol–water partition coefficient (Wildman–Crippen LogP) is 4.50. The number of carbonyl (C=O) groups is 1. The summed E-state index contributed by atoms with van der Waals surface area (Å²) in [7, 11) is 0. The molecular formula is C22H25FN4OS. The molecule has 1 amide bonds. The van der Waals surface area contributed by atoms with Gasteiger partial charge in [0.1, 0.15) is 12.4 Å². The van der Waals surface area contributed by atoms with Crippen molar-refractivity contribution in [3.63, 3.8) is 0 Å². The number of aryl methyl sites for hydroxylation is 2. The van der Waals surface area contributed by atoms with Gasteiger partial charge in [-0.05, 0) is 56.0 Å². The average molecular weight is 413 g/mol. The third-order valence-electron chi connectivity index (χ3n) is 5.13. The summed E-state index contributed by atoms with van der Waals surface area (Å²) in [5.41, 5.74) is 4.27. The summed E-state index contributed by atoms with van der Waals surface area (Å²) in [5.74, 6) is 0.258. The molecule has 0 N–H and O–H groups in total. The molecule has 1 aromatic carbocycles. The van der Waals surface area contributed by atoms with Crippen LogP contribution in [-0.4, -0.2) is 25.6 Å². The molecule has 0 radical (unpaired) electrons. The molecule has 0 fully saturated rings. The molecule has 0 unspecified atom stereocenters. The third kappa shape index (κ3) is 4.10. The predicted molar refractivity (Wildman–Crippen MR) is 112 cm³/mol. The summed E-state index contributed by atoms with van der Waals surface area (Å²) in [6.45, 7) is 9.44. The van der Waals surface area contributed by atoms with Crippen molar-refractivity contribution in [2.24, 2.45) is 5.92 Å². The highest BCUT2D eigenvalue weighted by atomic mass is 32.1. The molecule has 5 nitrogen and oxygen atoms in total. The molecular weight excluding hydrogens is 387 g/mol. The van der Waals surface area contributed by atoms with Gasteiger partial charge in [0.15, 0.2) is 0 Å². The molecule has 0 aliphatic carbocycles. The van der Waals surface area contributed by atoms with E-state index in [1.807, 2.05) is 17.9 Å². The normalized spacial score (nSPS) is 13.4. The molecule has 3 heterocycles. The molecule has 4 rings (SSSR count). The van der Waals surface area contributed by atoms with E-state index < -0.39 is 0 Å². The minimum Gasteiger partial charge on any atom is -0.330 e. The number of fused-ring (bicyclic) bond motifs is 1. The zero-order valence-electron chi connectivity index (χ0n) is 17.2. The Morgan fingerprint density at radius 2 is 2.03 bits per heavy atom. The average Bonchev–Trinajstić information content (AvgIpc) is 3.30. The van der Waals surface area contributed by atoms with Gasteiger partial charge in [-0.3, -0.25) is 9.48 Å². The fourth-order valence-corrected chi connectivity index (χ4v) is 4.65. The number of thiazole rings is 1. The molecule has 1 aliphatic rings. The summed E-state index contributed by atoms with van der Waals surface area (Å²) in [6, 6.07) is 7.03. The lowest BCUT2D eigenvalue weighted by atomic mass is 10.1. The minimum atomic E-state index is -0.226. The lowest BCUT2D eigenvalue weighted by Crippen LogP contribution is -2.30. The van der Waals surface area contributed by atoms with E-state index in [-0.39, 0.29) is 18.3 Å². The van der Waals surface area contributed by atoms with Gasteiger partial charge in [-0.15, -0.1) is 11.3 Å². The Hall–Kier alpha value is -2.54. The van der Waals surface area contributed by atoms with Crippen molar-refractivity contribution in [2.75, 3.05) is 0 Å². The Labute approximate surface area is 174 Å². The maximum atomic E-state index is 13.6. The number of hydrogen-bond acceptors (Lipinski definition) is 4. The fourth-order valence-electron chi connectivity index (χ4n) is 3.69. The first-order chi connectivity index (χ1) is 13.8. The van der Waals surface area contributed by atoms with Crippen LogP contribution in [0.2, 0.25) is 0 Å². The Morgan fingerprint density at radius 3 is 2.72 bits per heavy atom. The lowest BCUT2D eigenvalue weighted by Gasteiger charge is -2.16. The van der Waals surface area contributed by atoms with E-state index in [9.17, 15) is 9.18 Å². The summed E-state index contributed by atoms with van der Waals surface area (Å²) >= 11 is 1.66. The number of amides is 1. The summed E-state index contributed by atoms with van der Waals surface area (Å²) < 4.78 is 15.5. The van der Waals surface area contributed by atoms with Crippen molar-refractivity contribution < 1.29 is 9.18 Å². The van der Waals surface area contributed by atoms with E-state index in [2.05, 4.69) is 18.8 Å². The Kier molecular flexibility index (Phi) is 5.25. The molecule has 0 saturated carbocycles. The van der Waals surface area contributed by atoms with E-state index >= 15 is 0 Å². The van der Waals surface area contributed by atoms with Gasteiger partial charge in [0.2, 0.25) is 5.91 Å². The van der Waals surface area contributed by atoms with Crippen LogP contribution in [0.1, 0.15) is 40.7 Å². The van der Waals surface area contributed by atoms with Gasteiger partial charge in [0, 0.05) is 16.1 Å². The van der Waals surface area contributed by atoms with Gasteiger partial charge in [-0.1, -0.05) is 13.8 Å². The molecule has 1 aliphatic heterocycles. The number of aromatic nitrogens is 3. The van der Waals surface area contributed by atoms with Gasteiger partial charge in [0.05, 0.1) is 29.5 Å². The standard InChI is InChI=1S/C22H25FN4OS/c1-13(2)7-17-9-19(16-5-6-18(23)14(3)8-16)25-27(17)12-22(28)26-10-20-21(11-26)29-15(4)24-20/h5-6,8-9,13H,7,10-12H2,1-4H3. The summed E-state index contributed by atoms with van der Waals surface area (Å²) in [5, 5.41) is 5.75. The van der Waals surface area contributed by atoms with Gasteiger partial charge < -0.3 is 4.90 Å². The second kappa shape index (κ2) is 7.71. The SMILES string of the molecule is Cc1nc2c(s1)CN(C(=O)Cn1nc(-c3ccc(F)c(C)c3)cc1CC(C)C)C2. The van der Waals surface area contributed by atoms with E-state index in [0.29, 0.717) is 24.6 Å². The number of hydrogen-bond donors (Lipinski definition) is 0. The van der Waals surface area contributed by atoms with Crippen molar-refractivity contribution in [1.29, 1.82) is 0 Å². The highest BCUT2D eigenvalue weighted by Crippen LogP contribution is 2.28. The van der Waals surface area contributed by atoms with E-state index in [4.69, 9.17) is 5.10 Å². The van der Waals surface area contributed by atoms with Crippen LogP contribution in [0.3, 0.4) is 0 Å². The largest absolute Gasteiger partial charge is 0.330 e.